The molecule has 0 N–H and O–H groups in total. The minimum atomic E-state index is -4.65. The zero-order chi connectivity index (χ0) is 21.3. The van der Waals surface area contributed by atoms with Crippen molar-refractivity contribution in [2.45, 2.75) is 50.6 Å². The van der Waals surface area contributed by atoms with Gasteiger partial charge in [-0.15, -0.1) is 0 Å². The number of fused-ring (bicyclic) bond motifs is 2. The maximum Gasteiger partial charge on any atom is 0.417 e. The van der Waals surface area contributed by atoms with Crippen LogP contribution in [0.25, 0.3) is 5.57 Å². The van der Waals surface area contributed by atoms with Crippen molar-refractivity contribution in [3.05, 3.63) is 77.1 Å². The Kier molecular flexibility index (Phi) is 5.54. The molecule has 0 spiro atoms. The summed E-state index contributed by atoms with van der Waals surface area (Å²) in [6.07, 6.45) is -0.886. The monoisotopic (exact) mass is 419 g/mol. The quantitative estimate of drug-likeness (QED) is 0.555. The number of halogens is 4. The molecule has 2 aromatic carbocycles. The molecule has 2 aliphatic rings. The second-order valence-corrected chi connectivity index (χ2v) is 7.68. The molecule has 30 heavy (non-hydrogen) atoms. The number of nitrogens with zero attached hydrogens (tertiary/aromatic N) is 1. The Morgan fingerprint density at radius 3 is 2.57 bits per heavy atom. The number of piperidine rings is 1. The first-order chi connectivity index (χ1) is 14.3. The fraction of sp³-hybridized carbons (Fsp3) is 0.348. The Balaban J connectivity index is 1.58. The van der Waals surface area contributed by atoms with E-state index in [4.69, 9.17) is 4.74 Å². The first kappa shape index (κ1) is 20.4. The summed E-state index contributed by atoms with van der Waals surface area (Å²) in [6, 6.07) is 11.5. The molecule has 2 bridgehead atoms. The maximum absolute atomic E-state index is 13.5. The number of carbonyl (C=O) groups excluding carboxylic acids is 1. The Morgan fingerprint density at radius 1 is 1.10 bits per heavy atom. The van der Waals surface area contributed by atoms with E-state index in [1.54, 1.807) is 11.0 Å². The van der Waals surface area contributed by atoms with E-state index in [-0.39, 0.29) is 30.7 Å². The highest BCUT2D eigenvalue weighted by Crippen LogP contribution is 2.42. The van der Waals surface area contributed by atoms with Crippen LogP contribution in [0, 0.1) is 5.82 Å². The maximum atomic E-state index is 13.5. The molecular formula is C23H21F4NO2. The average molecular weight is 419 g/mol. The number of amides is 1. The van der Waals surface area contributed by atoms with Crippen LogP contribution in [0.5, 0.6) is 0 Å². The molecule has 0 aromatic heterocycles. The topological polar surface area (TPSA) is 29.5 Å². The fourth-order valence-electron chi connectivity index (χ4n) is 4.34. The van der Waals surface area contributed by atoms with Crippen LogP contribution in [0.4, 0.5) is 22.4 Å². The third kappa shape index (κ3) is 4.20. The minimum Gasteiger partial charge on any atom is -0.445 e. The van der Waals surface area contributed by atoms with Crippen LogP contribution >= 0.6 is 0 Å². The van der Waals surface area contributed by atoms with Crippen molar-refractivity contribution in [2.24, 2.45) is 0 Å². The van der Waals surface area contributed by atoms with Crippen LogP contribution in [-0.2, 0) is 17.5 Å². The van der Waals surface area contributed by atoms with Crippen LogP contribution in [0.15, 0.2) is 54.6 Å². The largest absolute Gasteiger partial charge is 0.445 e. The molecule has 158 valence electrons. The van der Waals surface area contributed by atoms with Crippen LogP contribution in [-0.4, -0.2) is 23.1 Å². The summed E-state index contributed by atoms with van der Waals surface area (Å²) in [6.45, 7) is 0.141. The molecule has 2 heterocycles. The summed E-state index contributed by atoms with van der Waals surface area (Å²) >= 11 is 0. The van der Waals surface area contributed by atoms with Gasteiger partial charge in [0.15, 0.2) is 0 Å². The summed E-state index contributed by atoms with van der Waals surface area (Å²) in [5.74, 6) is -0.922. The van der Waals surface area contributed by atoms with E-state index in [1.807, 2.05) is 30.3 Å². The van der Waals surface area contributed by atoms with E-state index in [1.165, 1.54) is 6.07 Å². The standard InChI is InChI=1S/C23H21F4NO2/c24-17-9-10-20(21(13-17)23(25,26)27)16-11-18-7-4-8-19(12-16)28(18)22(29)30-14-15-5-2-1-3-6-15/h1-3,5-6,9-11,13,18-19H,4,7-8,12,14H2. The van der Waals surface area contributed by atoms with Crippen molar-refractivity contribution in [1.29, 1.82) is 0 Å². The molecule has 2 atom stereocenters. The summed E-state index contributed by atoms with van der Waals surface area (Å²) in [4.78, 5) is 14.4. The highest BCUT2D eigenvalue weighted by molar-refractivity contribution is 5.75. The Labute approximate surface area is 171 Å². The van der Waals surface area contributed by atoms with Crippen molar-refractivity contribution in [3.8, 4) is 0 Å². The van der Waals surface area contributed by atoms with E-state index in [2.05, 4.69) is 0 Å². The van der Waals surface area contributed by atoms with Crippen LogP contribution in [0.3, 0.4) is 0 Å². The van der Waals surface area contributed by atoms with Crippen molar-refractivity contribution in [2.75, 3.05) is 0 Å². The Hall–Kier alpha value is -2.83. The first-order valence-electron chi connectivity index (χ1n) is 9.90. The molecular weight excluding hydrogens is 398 g/mol. The lowest BCUT2D eigenvalue weighted by Gasteiger charge is -2.44. The number of carbonyl (C=O) groups is 1. The number of rotatable bonds is 3. The van der Waals surface area contributed by atoms with Gasteiger partial charge in [-0.3, -0.25) is 4.90 Å². The molecule has 0 saturated carbocycles. The van der Waals surface area contributed by atoms with Gasteiger partial charge in [0.2, 0.25) is 0 Å². The van der Waals surface area contributed by atoms with Gasteiger partial charge >= 0.3 is 12.3 Å². The van der Waals surface area contributed by atoms with Gasteiger partial charge in [0.05, 0.1) is 11.6 Å². The zero-order valence-corrected chi connectivity index (χ0v) is 16.2. The molecule has 2 unspecified atom stereocenters. The van der Waals surface area contributed by atoms with Gasteiger partial charge in [-0.2, -0.15) is 13.2 Å². The number of benzene rings is 2. The smallest absolute Gasteiger partial charge is 0.417 e. The fourth-order valence-corrected chi connectivity index (χ4v) is 4.34. The minimum absolute atomic E-state index is 0.0156. The number of hydrogen-bond donors (Lipinski definition) is 0. The van der Waals surface area contributed by atoms with Gasteiger partial charge in [-0.1, -0.05) is 42.5 Å². The average Bonchev–Trinajstić information content (AvgIpc) is 2.71. The third-order valence-corrected chi connectivity index (χ3v) is 5.69. The van der Waals surface area contributed by atoms with Crippen molar-refractivity contribution < 1.29 is 27.1 Å². The number of ether oxygens (including phenoxy) is 1. The van der Waals surface area contributed by atoms with Crippen molar-refractivity contribution in [3.63, 3.8) is 0 Å². The molecule has 4 rings (SSSR count). The Bertz CT molecular complexity index is 955. The number of hydrogen-bond acceptors (Lipinski definition) is 2. The second kappa shape index (κ2) is 8.13. The third-order valence-electron chi connectivity index (χ3n) is 5.69. The van der Waals surface area contributed by atoms with Crippen molar-refractivity contribution >= 4 is 11.7 Å². The van der Waals surface area contributed by atoms with Crippen molar-refractivity contribution in [1.82, 2.24) is 4.90 Å². The van der Waals surface area contributed by atoms with Gasteiger partial charge in [0.1, 0.15) is 12.4 Å². The molecule has 2 aromatic rings. The van der Waals surface area contributed by atoms with E-state index in [0.717, 1.165) is 18.1 Å². The molecule has 2 aliphatic heterocycles. The SMILES string of the molecule is O=C(OCc1ccccc1)N1C2C=C(c3ccc(F)cc3C(F)(F)F)CC1CCC2. The van der Waals surface area contributed by atoms with E-state index >= 15 is 0 Å². The lowest BCUT2D eigenvalue weighted by atomic mass is 9.82. The van der Waals surface area contributed by atoms with Crippen LogP contribution < -0.4 is 0 Å². The highest BCUT2D eigenvalue weighted by Gasteiger charge is 2.41. The molecule has 1 saturated heterocycles. The van der Waals surface area contributed by atoms with Gasteiger partial charge in [-0.25, -0.2) is 9.18 Å². The molecule has 0 aliphatic carbocycles. The van der Waals surface area contributed by atoms with E-state index in [9.17, 15) is 22.4 Å². The van der Waals surface area contributed by atoms with E-state index in [0.29, 0.717) is 24.5 Å². The zero-order valence-electron chi connectivity index (χ0n) is 16.2. The summed E-state index contributed by atoms with van der Waals surface area (Å²) in [7, 11) is 0. The Morgan fingerprint density at radius 2 is 1.87 bits per heavy atom. The normalized spacial score (nSPS) is 21.2. The lowest BCUT2D eigenvalue weighted by molar-refractivity contribution is -0.138. The van der Waals surface area contributed by atoms with Gasteiger partial charge in [-0.05, 0) is 54.5 Å². The predicted molar refractivity (Wildman–Crippen MR) is 104 cm³/mol. The van der Waals surface area contributed by atoms with Crippen LogP contribution in [0.2, 0.25) is 0 Å². The van der Waals surface area contributed by atoms with E-state index < -0.39 is 23.7 Å². The van der Waals surface area contributed by atoms with Gasteiger partial charge < -0.3 is 4.74 Å². The second-order valence-electron chi connectivity index (χ2n) is 7.68. The molecule has 1 fully saturated rings. The molecule has 7 heteroatoms. The lowest BCUT2D eigenvalue weighted by Crippen LogP contribution is -2.51. The summed E-state index contributed by atoms with van der Waals surface area (Å²) in [5.41, 5.74) is 0.375. The number of alkyl halides is 3. The summed E-state index contributed by atoms with van der Waals surface area (Å²) < 4.78 is 59.3. The molecule has 1 amide bonds. The van der Waals surface area contributed by atoms with Gasteiger partial charge in [0.25, 0.3) is 0 Å². The predicted octanol–water partition coefficient (Wildman–Crippen LogP) is 6.19. The highest BCUT2D eigenvalue weighted by atomic mass is 19.4. The first-order valence-corrected chi connectivity index (χ1v) is 9.90. The molecule has 3 nitrogen and oxygen atoms in total. The van der Waals surface area contributed by atoms with Crippen LogP contribution in [0.1, 0.15) is 42.4 Å². The molecule has 0 radical (unpaired) electrons. The summed E-state index contributed by atoms with van der Waals surface area (Å²) in [5, 5.41) is 0. The van der Waals surface area contributed by atoms with Gasteiger partial charge in [0, 0.05) is 6.04 Å².